The van der Waals surface area contributed by atoms with E-state index in [-0.39, 0.29) is 23.9 Å². The van der Waals surface area contributed by atoms with Crippen molar-refractivity contribution in [2.75, 3.05) is 14.2 Å². The number of hydrogen-bond acceptors (Lipinski definition) is 4. The van der Waals surface area contributed by atoms with Crippen molar-refractivity contribution in [3.63, 3.8) is 0 Å². The van der Waals surface area contributed by atoms with Crippen LogP contribution in [0.5, 0.6) is 5.75 Å². The second kappa shape index (κ2) is 6.52. The SMILES string of the molecule is COc1ccc([C@H]2C[C@H]3CC[C@H]([C@H]2C(=O)OC(C)C)N3C)cc1. The van der Waals surface area contributed by atoms with Crippen LogP contribution in [0, 0.1) is 5.92 Å². The van der Waals surface area contributed by atoms with E-state index in [1.807, 2.05) is 26.0 Å². The summed E-state index contributed by atoms with van der Waals surface area (Å²) in [7, 11) is 3.83. The van der Waals surface area contributed by atoms with Crippen molar-refractivity contribution in [3.05, 3.63) is 29.8 Å². The molecule has 2 saturated heterocycles. The van der Waals surface area contributed by atoms with Gasteiger partial charge in [-0.25, -0.2) is 0 Å². The number of fused-ring (bicyclic) bond motifs is 2. The molecule has 2 heterocycles. The number of hydrogen-bond donors (Lipinski definition) is 0. The second-order valence-electron chi connectivity index (χ2n) is 7.09. The maximum Gasteiger partial charge on any atom is 0.311 e. The van der Waals surface area contributed by atoms with E-state index in [2.05, 4.69) is 24.1 Å². The van der Waals surface area contributed by atoms with Crippen molar-refractivity contribution in [2.45, 2.75) is 57.2 Å². The summed E-state index contributed by atoms with van der Waals surface area (Å²) in [5, 5.41) is 0. The Morgan fingerprint density at radius 3 is 2.52 bits per heavy atom. The number of methoxy groups -OCH3 is 1. The first-order chi connectivity index (χ1) is 11.0. The van der Waals surface area contributed by atoms with Crippen LogP contribution in [0.1, 0.15) is 44.6 Å². The molecule has 1 aromatic carbocycles. The third kappa shape index (κ3) is 3.09. The zero-order valence-corrected chi connectivity index (χ0v) is 14.5. The number of esters is 1. The third-order valence-electron chi connectivity index (χ3n) is 5.44. The highest BCUT2D eigenvalue weighted by Gasteiger charge is 2.49. The molecule has 0 aromatic heterocycles. The standard InChI is InChI=1S/C19H27NO3/c1-12(2)23-19(21)18-16(11-14-7-10-17(18)20(14)3)13-5-8-15(22-4)9-6-13/h5-6,8-9,12,14,16-18H,7,10-11H2,1-4H3/t14-,16-,17-,18+/m1/s1. The van der Waals surface area contributed by atoms with Crippen LogP contribution in [0.3, 0.4) is 0 Å². The summed E-state index contributed by atoms with van der Waals surface area (Å²) in [6.45, 7) is 3.84. The van der Waals surface area contributed by atoms with Crippen LogP contribution in [0.2, 0.25) is 0 Å². The topological polar surface area (TPSA) is 38.8 Å². The molecule has 4 nitrogen and oxygen atoms in total. The summed E-state index contributed by atoms with van der Waals surface area (Å²) in [6.07, 6.45) is 3.23. The summed E-state index contributed by atoms with van der Waals surface area (Å²) in [6, 6.07) is 9.05. The van der Waals surface area contributed by atoms with Crippen molar-refractivity contribution < 1.29 is 14.3 Å². The van der Waals surface area contributed by atoms with Gasteiger partial charge in [-0.15, -0.1) is 0 Å². The number of piperidine rings is 1. The fourth-order valence-electron chi connectivity index (χ4n) is 4.29. The Bertz CT molecular complexity index is 554. The van der Waals surface area contributed by atoms with Crippen LogP contribution in [-0.4, -0.2) is 43.2 Å². The Morgan fingerprint density at radius 1 is 1.22 bits per heavy atom. The Labute approximate surface area is 138 Å². The molecule has 4 atom stereocenters. The van der Waals surface area contributed by atoms with E-state index in [0.29, 0.717) is 12.1 Å². The fourth-order valence-corrected chi connectivity index (χ4v) is 4.29. The molecule has 23 heavy (non-hydrogen) atoms. The molecule has 2 bridgehead atoms. The normalized spacial score (nSPS) is 30.5. The highest BCUT2D eigenvalue weighted by atomic mass is 16.5. The molecule has 2 fully saturated rings. The highest BCUT2D eigenvalue weighted by molar-refractivity contribution is 5.75. The second-order valence-corrected chi connectivity index (χ2v) is 7.09. The van der Waals surface area contributed by atoms with Crippen LogP contribution in [-0.2, 0) is 9.53 Å². The van der Waals surface area contributed by atoms with E-state index in [4.69, 9.17) is 9.47 Å². The van der Waals surface area contributed by atoms with E-state index in [9.17, 15) is 4.79 Å². The number of benzene rings is 1. The van der Waals surface area contributed by atoms with Crippen molar-refractivity contribution in [1.82, 2.24) is 4.90 Å². The molecular weight excluding hydrogens is 290 g/mol. The van der Waals surface area contributed by atoms with Gasteiger partial charge in [0.25, 0.3) is 0 Å². The van der Waals surface area contributed by atoms with Gasteiger partial charge in [-0.2, -0.15) is 0 Å². The zero-order chi connectivity index (χ0) is 16.6. The average molecular weight is 317 g/mol. The van der Waals surface area contributed by atoms with Crippen LogP contribution < -0.4 is 4.74 Å². The van der Waals surface area contributed by atoms with Gasteiger partial charge < -0.3 is 9.47 Å². The van der Waals surface area contributed by atoms with Crippen LogP contribution in [0.15, 0.2) is 24.3 Å². The van der Waals surface area contributed by atoms with Gasteiger partial charge in [0, 0.05) is 18.0 Å². The van der Waals surface area contributed by atoms with Gasteiger partial charge in [-0.05, 0) is 57.9 Å². The van der Waals surface area contributed by atoms with Gasteiger partial charge >= 0.3 is 5.97 Å². The Morgan fingerprint density at radius 2 is 1.91 bits per heavy atom. The first kappa shape index (κ1) is 16.3. The van der Waals surface area contributed by atoms with E-state index in [0.717, 1.165) is 18.6 Å². The lowest BCUT2D eigenvalue weighted by Crippen LogP contribution is -2.49. The molecule has 2 aliphatic rings. The minimum absolute atomic E-state index is 0.0435. The lowest BCUT2D eigenvalue weighted by atomic mass is 9.76. The van der Waals surface area contributed by atoms with Gasteiger partial charge in [-0.1, -0.05) is 12.1 Å². The number of nitrogens with zero attached hydrogens (tertiary/aromatic N) is 1. The highest BCUT2D eigenvalue weighted by Crippen LogP contribution is 2.46. The van der Waals surface area contributed by atoms with Crippen LogP contribution in [0.25, 0.3) is 0 Å². The summed E-state index contributed by atoms with van der Waals surface area (Å²) in [4.78, 5) is 15.2. The lowest BCUT2D eigenvalue weighted by molar-refractivity contribution is -0.157. The van der Waals surface area contributed by atoms with Gasteiger partial charge in [0.1, 0.15) is 5.75 Å². The summed E-state index contributed by atoms with van der Waals surface area (Å²) in [5.41, 5.74) is 1.22. The zero-order valence-electron chi connectivity index (χ0n) is 14.5. The largest absolute Gasteiger partial charge is 0.497 e. The lowest BCUT2D eigenvalue weighted by Gasteiger charge is -2.42. The maximum atomic E-state index is 12.8. The average Bonchev–Trinajstić information content (AvgIpc) is 2.77. The monoisotopic (exact) mass is 317 g/mol. The number of rotatable bonds is 4. The van der Waals surface area contributed by atoms with Crippen molar-refractivity contribution in [2.24, 2.45) is 5.92 Å². The first-order valence-corrected chi connectivity index (χ1v) is 8.57. The number of carbonyl (C=O) groups excluding carboxylic acids is 1. The van der Waals surface area contributed by atoms with Gasteiger partial charge in [0.05, 0.1) is 19.1 Å². The van der Waals surface area contributed by atoms with Crippen molar-refractivity contribution >= 4 is 5.97 Å². The smallest absolute Gasteiger partial charge is 0.311 e. The van der Waals surface area contributed by atoms with Crippen LogP contribution in [0.4, 0.5) is 0 Å². The molecule has 3 rings (SSSR count). The molecule has 4 heteroatoms. The number of carbonyl (C=O) groups is 1. The summed E-state index contributed by atoms with van der Waals surface area (Å²) >= 11 is 0. The Balaban J connectivity index is 1.90. The van der Waals surface area contributed by atoms with Crippen molar-refractivity contribution in [1.29, 1.82) is 0 Å². The first-order valence-electron chi connectivity index (χ1n) is 8.57. The Hall–Kier alpha value is -1.55. The molecule has 1 aromatic rings. The molecule has 0 aliphatic carbocycles. The molecular formula is C19H27NO3. The summed E-state index contributed by atoms with van der Waals surface area (Å²) < 4.78 is 10.9. The minimum Gasteiger partial charge on any atom is -0.497 e. The van der Waals surface area contributed by atoms with Crippen LogP contribution >= 0.6 is 0 Å². The van der Waals surface area contributed by atoms with E-state index >= 15 is 0 Å². The minimum atomic E-state index is -0.0745. The molecule has 0 saturated carbocycles. The maximum absolute atomic E-state index is 12.8. The molecule has 0 spiro atoms. The van der Waals surface area contributed by atoms with Gasteiger partial charge in [0.15, 0.2) is 0 Å². The molecule has 2 aliphatic heterocycles. The number of ether oxygens (including phenoxy) is 2. The fraction of sp³-hybridized carbons (Fsp3) is 0.632. The molecule has 0 unspecified atom stereocenters. The molecule has 126 valence electrons. The Kier molecular flexibility index (Phi) is 4.62. The van der Waals surface area contributed by atoms with Crippen molar-refractivity contribution in [3.8, 4) is 5.75 Å². The van der Waals surface area contributed by atoms with E-state index < -0.39 is 0 Å². The quantitative estimate of drug-likeness (QED) is 0.799. The predicted molar refractivity (Wildman–Crippen MR) is 89.6 cm³/mol. The third-order valence-corrected chi connectivity index (χ3v) is 5.44. The molecule has 0 N–H and O–H groups in total. The predicted octanol–water partition coefficient (Wildman–Crippen LogP) is 3.21. The van der Waals surface area contributed by atoms with E-state index in [1.165, 1.54) is 12.0 Å². The summed E-state index contributed by atoms with van der Waals surface area (Å²) in [5.74, 6) is 0.972. The molecule has 0 amide bonds. The van der Waals surface area contributed by atoms with E-state index in [1.54, 1.807) is 7.11 Å². The molecule has 0 radical (unpaired) electrons. The van der Waals surface area contributed by atoms with Gasteiger partial charge in [-0.3, -0.25) is 9.69 Å². The van der Waals surface area contributed by atoms with Gasteiger partial charge in [0.2, 0.25) is 0 Å².